The average Bonchev–Trinajstić information content (AvgIpc) is 1.90. The molecule has 1 heterocycles. The number of nitrogens with two attached hydrogens (primary N) is 1. The van der Waals surface area contributed by atoms with E-state index in [0.29, 0.717) is 0 Å². The van der Waals surface area contributed by atoms with Crippen LogP contribution >= 0.6 is 0 Å². The summed E-state index contributed by atoms with van der Waals surface area (Å²) in [5, 5.41) is 0. The van der Waals surface area contributed by atoms with Crippen molar-refractivity contribution in [2.24, 2.45) is 5.73 Å². The molecule has 0 fully saturated rings. The third-order valence-electron chi connectivity index (χ3n) is 0.786. The van der Waals surface area contributed by atoms with Gasteiger partial charge in [0.25, 0.3) is 5.91 Å². The lowest BCUT2D eigenvalue weighted by Crippen LogP contribution is -2.14. The maximum atomic E-state index is 10.3. The highest BCUT2D eigenvalue weighted by molar-refractivity contribution is 5.88. The lowest BCUT2D eigenvalue weighted by atomic mass is 10.5. The lowest BCUT2D eigenvalue weighted by Gasteiger charge is -1.87. The average molecular weight is 177 g/mol. The van der Waals surface area contributed by atoms with Crippen molar-refractivity contribution < 1.29 is 21.2 Å². The van der Waals surface area contributed by atoms with Crippen molar-refractivity contribution in [2.75, 3.05) is 0 Å². The molecule has 0 radical (unpaired) electrons. The van der Waals surface area contributed by atoms with Crippen LogP contribution in [0.2, 0.25) is 0 Å². The Balaban J connectivity index is -0.000000270. The molecule has 0 saturated heterocycles. The summed E-state index contributed by atoms with van der Waals surface area (Å²) >= 11 is 0. The van der Waals surface area contributed by atoms with E-state index in [1.807, 2.05) is 0 Å². The summed E-state index contributed by atoms with van der Waals surface area (Å²) in [6.07, 6.45) is 2.93. The van der Waals surface area contributed by atoms with Crippen LogP contribution in [0.1, 0.15) is 10.6 Å². The summed E-state index contributed by atoms with van der Waals surface area (Å²) < 4.78 is 0. The van der Waals surface area contributed by atoms with E-state index in [-0.39, 0.29) is 22.3 Å². The smallest absolute Gasteiger partial charge is 0.286 e. The van der Waals surface area contributed by atoms with Crippen LogP contribution in [0.25, 0.3) is 0 Å². The van der Waals surface area contributed by atoms with Gasteiger partial charge in [-0.3, -0.25) is 4.79 Å². The predicted octanol–water partition coefficient (Wildman–Crippen LogP) is -2.90. The van der Waals surface area contributed by atoms with Gasteiger partial charge >= 0.3 is 0 Å². The Morgan fingerprint density at radius 3 is 1.83 bits per heavy atom. The van der Waals surface area contributed by atoms with E-state index in [9.17, 15) is 4.79 Å². The third kappa shape index (κ3) is 4.28. The normalized spacial score (nSPS) is 6.67. The number of hydrogen-bond donors (Lipinski definition) is 1. The van der Waals surface area contributed by atoms with Gasteiger partial charge in [-0.2, -0.15) is 0 Å². The number of nitrogens with zero attached hydrogens (tertiary/aromatic N) is 2. The van der Waals surface area contributed by atoms with E-state index in [1.54, 1.807) is 6.07 Å². The predicted molar refractivity (Wildman–Crippen MR) is 41.4 cm³/mol. The molecular formula is C5H11N3O4. The molecular weight excluding hydrogens is 166 g/mol. The summed E-state index contributed by atoms with van der Waals surface area (Å²) in [7, 11) is 0. The van der Waals surface area contributed by atoms with Crippen LogP contribution in [0.5, 0.6) is 0 Å². The molecule has 0 bridgehead atoms. The van der Waals surface area contributed by atoms with Crippen LogP contribution in [0.15, 0.2) is 18.5 Å². The molecule has 0 aliphatic rings. The minimum absolute atomic E-state index is 0. The summed E-state index contributed by atoms with van der Waals surface area (Å²) in [5.41, 5.74) is 4.85. The summed E-state index contributed by atoms with van der Waals surface area (Å²) in [6.45, 7) is 0. The van der Waals surface area contributed by atoms with Crippen molar-refractivity contribution in [1.82, 2.24) is 9.97 Å². The monoisotopic (exact) mass is 177 g/mol. The van der Waals surface area contributed by atoms with Crippen LogP contribution < -0.4 is 5.73 Å². The van der Waals surface area contributed by atoms with Gasteiger partial charge in [0.2, 0.25) is 5.82 Å². The van der Waals surface area contributed by atoms with Crippen molar-refractivity contribution in [3.05, 3.63) is 24.3 Å². The molecule has 0 aromatic carbocycles. The van der Waals surface area contributed by atoms with Crippen molar-refractivity contribution in [1.29, 1.82) is 0 Å². The molecule has 0 aliphatic carbocycles. The Morgan fingerprint density at radius 2 is 1.58 bits per heavy atom. The Labute approximate surface area is 68.2 Å². The Bertz CT molecular complexity index is 215. The third-order valence-corrected chi connectivity index (χ3v) is 0.786. The van der Waals surface area contributed by atoms with Gasteiger partial charge < -0.3 is 22.2 Å². The second-order valence-electron chi connectivity index (χ2n) is 1.44. The zero-order chi connectivity index (χ0) is 6.69. The maximum absolute atomic E-state index is 10.3. The number of primary amides is 1. The van der Waals surface area contributed by atoms with Crippen LogP contribution in [-0.4, -0.2) is 32.3 Å². The minimum Gasteiger partial charge on any atom is -0.412 e. The van der Waals surface area contributed by atoms with Gasteiger partial charge in [0.05, 0.1) is 0 Å². The number of amides is 1. The molecule has 0 spiro atoms. The molecule has 0 unspecified atom stereocenters. The fourth-order valence-electron chi connectivity index (χ4n) is 0.426. The lowest BCUT2D eigenvalue weighted by molar-refractivity contribution is 0.0990. The zero-order valence-electron chi connectivity index (χ0n) is 6.11. The summed E-state index contributed by atoms with van der Waals surface area (Å²) in [6, 6.07) is 1.62. The first-order chi connectivity index (χ1) is 4.30. The summed E-state index contributed by atoms with van der Waals surface area (Å²) in [5.74, 6) is -0.548. The first kappa shape index (κ1) is 16.8. The second kappa shape index (κ2) is 7.54. The molecule has 7 heteroatoms. The van der Waals surface area contributed by atoms with Crippen molar-refractivity contribution in [3.8, 4) is 0 Å². The van der Waals surface area contributed by atoms with E-state index >= 15 is 0 Å². The zero-order valence-corrected chi connectivity index (χ0v) is 6.11. The molecule has 0 aliphatic heterocycles. The molecule has 1 aromatic rings. The van der Waals surface area contributed by atoms with Crippen LogP contribution in [0.4, 0.5) is 0 Å². The van der Waals surface area contributed by atoms with Crippen LogP contribution in [0, 0.1) is 0 Å². The SMILES string of the molecule is NC(=O)c1ncccn1.O.O.O. The topological polar surface area (TPSA) is 163 Å². The highest BCUT2D eigenvalue weighted by Gasteiger charge is 1.98. The second-order valence-corrected chi connectivity index (χ2v) is 1.44. The van der Waals surface area contributed by atoms with Gasteiger partial charge in [0.1, 0.15) is 0 Å². The highest BCUT2D eigenvalue weighted by atomic mass is 16.1. The highest BCUT2D eigenvalue weighted by Crippen LogP contribution is 1.82. The van der Waals surface area contributed by atoms with E-state index in [1.165, 1.54) is 12.4 Å². The largest absolute Gasteiger partial charge is 0.412 e. The quantitative estimate of drug-likeness (QED) is 0.487. The van der Waals surface area contributed by atoms with E-state index in [2.05, 4.69) is 9.97 Å². The number of carbonyl (C=O) groups is 1. The molecule has 1 rings (SSSR count). The van der Waals surface area contributed by atoms with Gasteiger partial charge in [-0.15, -0.1) is 0 Å². The van der Waals surface area contributed by atoms with Crippen molar-refractivity contribution >= 4 is 5.91 Å². The number of rotatable bonds is 1. The summed E-state index contributed by atoms with van der Waals surface area (Å²) in [4.78, 5) is 17.5. The first-order valence-corrected chi connectivity index (χ1v) is 2.37. The molecule has 8 N–H and O–H groups in total. The maximum Gasteiger partial charge on any atom is 0.286 e. The van der Waals surface area contributed by atoms with Gasteiger partial charge in [0.15, 0.2) is 0 Å². The fourth-order valence-corrected chi connectivity index (χ4v) is 0.426. The van der Waals surface area contributed by atoms with Gasteiger partial charge in [-0.05, 0) is 6.07 Å². The van der Waals surface area contributed by atoms with Gasteiger partial charge in [-0.25, -0.2) is 9.97 Å². The van der Waals surface area contributed by atoms with Crippen molar-refractivity contribution in [3.63, 3.8) is 0 Å². The van der Waals surface area contributed by atoms with E-state index < -0.39 is 5.91 Å². The fraction of sp³-hybridized carbons (Fsp3) is 0. The van der Waals surface area contributed by atoms with Crippen LogP contribution in [0.3, 0.4) is 0 Å². The minimum atomic E-state index is -0.601. The Kier molecular flexibility index (Phi) is 10.6. The van der Waals surface area contributed by atoms with Crippen molar-refractivity contribution in [2.45, 2.75) is 0 Å². The van der Waals surface area contributed by atoms with Gasteiger partial charge in [-0.1, -0.05) is 0 Å². The molecule has 1 amide bonds. The Hall–Kier alpha value is -1.57. The molecule has 12 heavy (non-hydrogen) atoms. The number of aromatic nitrogens is 2. The first-order valence-electron chi connectivity index (χ1n) is 2.37. The molecule has 7 nitrogen and oxygen atoms in total. The van der Waals surface area contributed by atoms with E-state index in [4.69, 9.17) is 5.73 Å². The standard InChI is InChI=1S/C5H5N3O.3H2O/c6-4(9)5-7-2-1-3-8-5;;;/h1-3H,(H2,6,9);3*1H2. The Morgan fingerprint density at radius 1 is 1.17 bits per heavy atom. The molecule has 0 saturated carbocycles. The van der Waals surface area contributed by atoms with Gasteiger partial charge in [0, 0.05) is 12.4 Å². The number of hydrogen-bond acceptors (Lipinski definition) is 3. The molecule has 1 aromatic heterocycles. The van der Waals surface area contributed by atoms with Crippen LogP contribution in [-0.2, 0) is 0 Å². The molecule has 70 valence electrons. The number of carbonyl (C=O) groups excluding carboxylic acids is 1. The molecule has 0 atom stereocenters. The van der Waals surface area contributed by atoms with E-state index in [0.717, 1.165) is 0 Å².